The van der Waals surface area contributed by atoms with Crippen LogP contribution < -0.4 is 10.1 Å². The lowest BCUT2D eigenvalue weighted by Crippen LogP contribution is -2.20. The Morgan fingerprint density at radius 3 is 2.50 bits per heavy atom. The largest absolute Gasteiger partial charge is 0.477 e. The minimum absolute atomic E-state index is 0.287. The van der Waals surface area contributed by atoms with Gasteiger partial charge in [-0.05, 0) is 29.7 Å². The van der Waals surface area contributed by atoms with Gasteiger partial charge in [0.25, 0.3) is 5.91 Å². The number of hydrogen-bond donors (Lipinski definition) is 1. The van der Waals surface area contributed by atoms with Crippen LogP contribution in [0.3, 0.4) is 0 Å². The fourth-order valence-electron chi connectivity index (χ4n) is 2.05. The number of nitro benzene ring substituents is 1. The summed E-state index contributed by atoms with van der Waals surface area (Å²) >= 11 is 0. The van der Waals surface area contributed by atoms with Crippen LogP contribution in [0.25, 0.3) is 0 Å². The molecule has 0 fully saturated rings. The van der Waals surface area contributed by atoms with Crippen molar-refractivity contribution in [1.82, 2.24) is 0 Å². The molecule has 0 aliphatic rings. The van der Waals surface area contributed by atoms with E-state index in [0.29, 0.717) is 11.6 Å². The summed E-state index contributed by atoms with van der Waals surface area (Å²) in [7, 11) is 0. The van der Waals surface area contributed by atoms with Gasteiger partial charge in [0.2, 0.25) is 5.75 Å². The highest BCUT2D eigenvalue weighted by Crippen LogP contribution is 2.27. The van der Waals surface area contributed by atoms with Gasteiger partial charge >= 0.3 is 5.69 Å². The lowest BCUT2D eigenvalue weighted by molar-refractivity contribution is -0.385. The van der Waals surface area contributed by atoms with Crippen molar-refractivity contribution in [3.05, 3.63) is 64.0 Å². The highest BCUT2D eigenvalue weighted by molar-refractivity contribution is 5.91. The molecule has 0 radical (unpaired) electrons. The maximum atomic E-state index is 13.2. The summed E-state index contributed by atoms with van der Waals surface area (Å²) in [4.78, 5) is 22.0. The molecule has 7 heteroatoms. The maximum absolute atomic E-state index is 13.2. The van der Waals surface area contributed by atoms with Crippen LogP contribution in [-0.4, -0.2) is 17.4 Å². The number of nitrogens with zero attached hydrogens (tertiary/aromatic N) is 1. The molecule has 126 valence electrons. The van der Waals surface area contributed by atoms with Crippen LogP contribution in [0.1, 0.15) is 25.3 Å². The number of rotatable bonds is 6. The van der Waals surface area contributed by atoms with Gasteiger partial charge in [-0.2, -0.15) is 0 Å². The Hall–Kier alpha value is -2.96. The molecule has 1 amide bonds. The third-order valence-electron chi connectivity index (χ3n) is 3.34. The molecule has 0 aromatic heterocycles. The monoisotopic (exact) mass is 332 g/mol. The molecule has 0 heterocycles. The Bertz CT molecular complexity index is 745. The lowest BCUT2D eigenvalue weighted by Gasteiger charge is -2.09. The Kier molecular flexibility index (Phi) is 5.47. The van der Waals surface area contributed by atoms with Crippen molar-refractivity contribution < 1.29 is 18.8 Å². The molecule has 2 aromatic rings. The van der Waals surface area contributed by atoms with Crippen LogP contribution in [0.4, 0.5) is 15.8 Å². The molecule has 2 rings (SSSR count). The van der Waals surface area contributed by atoms with E-state index in [2.05, 4.69) is 19.2 Å². The average molecular weight is 332 g/mol. The van der Waals surface area contributed by atoms with Gasteiger partial charge in [0.1, 0.15) is 5.82 Å². The number of amides is 1. The van der Waals surface area contributed by atoms with Crippen molar-refractivity contribution in [2.45, 2.75) is 19.8 Å². The van der Waals surface area contributed by atoms with Crippen molar-refractivity contribution in [3.8, 4) is 5.75 Å². The summed E-state index contributed by atoms with van der Waals surface area (Å²) in [6.45, 7) is 3.66. The molecular formula is C17H17FN2O4. The molecule has 0 aliphatic carbocycles. The molecule has 0 bridgehead atoms. The van der Waals surface area contributed by atoms with E-state index in [9.17, 15) is 19.3 Å². The van der Waals surface area contributed by atoms with Gasteiger partial charge in [0.15, 0.2) is 6.61 Å². The second kappa shape index (κ2) is 7.54. The van der Waals surface area contributed by atoms with Crippen LogP contribution >= 0.6 is 0 Å². The van der Waals surface area contributed by atoms with E-state index in [4.69, 9.17) is 4.74 Å². The predicted octanol–water partition coefficient (Wildman–Crippen LogP) is 3.87. The average Bonchev–Trinajstić information content (AvgIpc) is 2.53. The number of benzene rings is 2. The van der Waals surface area contributed by atoms with Crippen molar-refractivity contribution in [3.63, 3.8) is 0 Å². The first-order valence-corrected chi connectivity index (χ1v) is 7.33. The van der Waals surface area contributed by atoms with E-state index in [-0.39, 0.29) is 5.75 Å². The SMILES string of the molecule is CC(C)c1ccc(NC(=O)COc2cc(F)ccc2[N+](=O)[O-])cc1. The summed E-state index contributed by atoms with van der Waals surface area (Å²) in [6.07, 6.45) is 0. The Morgan fingerprint density at radius 1 is 1.25 bits per heavy atom. The predicted molar refractivity (Wildman–Crippen MR) is 87.7 cm³/mol. The van der Waals surface area contributed by atoms with Gasteiger partial charge in [-0.3, -0.25) is 14.9 Å². The number of anilines is 1. The van der Waals surface area contributed by atoms with Crippen LogP contribution in [0.2, 0.25) is 0 Å². The standard InChI is InChI=1S/C17H17FN2O4/c1-11(2)12-3-6-14(7-4-12)19-17(21)10-24-16-9-13(18)5-8-15(16)20(22)23/h3-9,11H,10H2,1-2H3,(H,19,21). The van der Waals surface area contributed by atoms with Crippen LogP contribution in [0.15, 0.2) is 42.5 Å². The summed E-state index contributed by atoms with van der Waals surface area (Å²) in [5, 5.41) is 13.5. The van der Waals surface area contributed by atoms with Crippen LogP contribution in [-0.2, 0) is 4.79 Å². The zero-order valence-corrected chi connectivity index (χ0v) is 13.3. The van der Waals surface area contributed by atoms with Gasteiger partial charge in [-0.1, -0.05) is 26.0 Å². The summed E-state index contributed by atoms with van der Waals surface area (Å²) < 4.78 is 18.3. The molecule has 0 aliphatic heterocycles. The first kappa shape index (κ1) is 17.4. The van der Waals surface area contributed by atoms with Crippen molar-refractivity contribution in [2.24, 2.45) is 0 Å². The zero-order chi connectivity index (χ0) is 17.7. The van der Waals surface area contributed by atoms with Crippen LogP contribution in [0, 0.1) is 15.9 Å². The molecule has 0 saturated carbocycles. The second-order valence-electron chi connectivity index (χ2n) is 5.48. The molecule has 2 aromatic carbocycles. The Balaban J connectivity index is 1.98. The molecule has 0 saturated heterocycles. The first-order valence-electron chi connectivity index (χ1n) is 7.33. The number of ether oxygens (including phenoxy) is 1. The van der Waals surface area contributed by atoms with E-state index >= 15 is 0 Å². The number of hydrogen-bond acceptors (Lipinski definition) is 4. The number of halogens is 1. The van der Waals surface area contributed by atoms with Crippen molar-refractivity contribution in [1.29, 1.82) is 0 Å². The topological polar surface area (TPSA) is 81.5 Å². The van der Waals surface area contributed by atoms with Crippen LogP contribution in [0.5, 0.6) is 5.75 Å². The van der Waals surface area contributed by atoms with E-state index < -0.39 is 28.9 Å². The Morgan fingerprint density at radius 2 is 1.92 bits per heavy atom. The van der Waals surface area contributed by atoms with Gasteiger partial charge in [-0.15, -0.1) is 0 Å². The Labute approximate surface area is 138 Å². The maximum Gasteiger partial charge on any atom is 0.311 e. The lowest BCUT2D eigenvalue weighted by atomic mass is 10.0. The minimum atomic E-state index is -0.697. The van der Waals surface area contributed by atoms with E-state index in [1.807, 2.05) is 12.1 Å². The summed E-state index contributed by atoms with van der Waals surface area (Å²) in [5.74, 6) is -1.08. The third-order valence-corrected chi connectivity index (χ3v) is 3.34. The third kappa shape index (κ3) is 4.52. The molecule has 6 nitrogen and oxygen atoms in total. The minimum Gasteiger partial charge on any atom is -0.477 e. The molecule has 0 atom stereocenters. The quantitative estimate of drug-likeness (QED) is 0.643. The summed E-state index contributed by atoms with van der Waals surface area (Å²) in [6, 6.07) is 10.2. The van der Waals surface area contributed by atoms with E-state index in [1.54, 1.807) is 12.1 Å². The van der Waals surface area contributed by atoms with Crippen molar-refractivity contribution in [2.75, 3.05) is 11.9 Å². The second-order valence-corrected chi connectivity index (χ2v) is 5.48. The highest BCUT2D eigenvalue weighted by Gasteiger charge is 2.17. The zero-order valence-electron chi connectivity index (χ0n) is 13.3. The molecule has 1 N–H and O–H groups in total. The molecule has 24 heavy (non-hydrogen) atoms. The number of carbonyl (C=O) groups excluding carboxylic acids is 1. The fourth-order valence-corrected chi connectivity index (χ4v) is 2.05. The number of nitro groups is 1. The van der Waals surface area contributed by atoms with Gasteiger partial charge in [0, 0.05) is 17.8 Å². The highest BCUT2D eigenvalue weighted by atomic mass is 19.1. The van der Waals surface area contributed by atoms with Gasteiger partial charge < -0.3 is 10.1 Å². The normalized spacial score (nSPS) is 10.5. The van der Waals surface area contributed by atoms with E-state index in [0.717, 1.165) is 23.8 Å². The smallest absolute Gasteiger partial charge is 0.311 e. The summed E-state index contributed by atoms with van der Waals surface area (Å²) in [5.41, 5.74) is 1.33. The fraction of sp³-hybridized carbons (Fsp3) is 0.235. The first-order chi connectivity index (χ1) is 11.4. The van der Waals surface area contributed by atoms with Crippen molar-refractivity contribution >= 4 is 17.3 Å². The number of nitrogens with one attached hydrogen (secondary N) is 1. The number of carbonyl (C=O) groups is 1. The molecular weight excluding hydrogens is 315 g/mol. The van der Waals surface area contributed by atoms with Gasteiger partial charge in [0.05, 0.1) is 4.92 Å². The van der Waals surface area contributed by atoms with Gasteiger partial charge in [-0.25, -0.2) is 4.39 Å². The molecule has 0 spiro atoms. The van der Waals surface area contributed by atoms with E-state index in [1.165, 1.54) is 0 Å². The molecule has 0 unspecified atom stereocenters.